The molecule has 0 N–H and O–H groups in total. The Morgan fingerprint density at radius 1 is 1.27 bits per heavy atom. The highest BCUT2D eigenvalue weighted by Gasteiger charge is 2.31. The SMILES string of the molecule is CCCCCOC(=O)CCN1C(=O)C(=CC=Cc2ccccc2)SC1=S. The van der Waals surface area contributed by atoms with Gasteiger partial charge in [0.15, 0.2) is 0 Å². The number of nitrogens with zero attached hydrogens (tertiary/aromatic N) is 1. The number of thioether (sulfide) groups is 1. The van der Waals surface area contributed by atoms with Crippen LogP contribution in [0, 0.1) is 0 Å². The summed E-state index contributed by atoms with van der Waals surface area (Å²) in [6.45, 7) is 2.80. The normalized spacial score (nSPS) is 16.0. The average molecular weight is 390 g/mol. The Morgan fingerprint density at radius 3 is 2.77 bits per heavy atom. The highest BCUT2D eigenvalue weighted by atomic mass is 32.2. The highest BCUT2D eigenvalue weighted by molar-refractivity contribution is 8.26. The van der Waals surface area contributed by atoms with Gasteiger partial charge in [-0.15, -0.1) is 0 Å². The summed E-state index contributed by atoms with van der Waals surface area (Å²) in [7, 11) is 0. The fraction of sp³-hybridized carbons (Fsp3) is 0.350. The first-order valence-corrected chi connectivity index (χ1v) is 9.97. The first kappa shape index (κ1) is 20.4. The molecule has 26 heavy (non-hydrogen) atoms. The molecular formula is C20H23NO3S2. The molecular weight excluding hydrogens is 366 g/mol. The first-order chi connectivity index (χ1) is 12.6. The molecule has 4 nitrogen and oxygen atoms in total. The van der Waals surface area contributed by atoms with E-state index in [0.717, 1.165) is 24.8 Å². The molecule has 1 aromatic rings. The van der Waals surface area contributed by atoms with E-state index in [1.165, 1.54) is 16.7 Å². The van der Waals surface area contributed by atoms with Crippen molar-refractivity contribution < 1.29 is 14.3 Å². The predicted octanol–water partition coefficient (Wildman–Crippen LogP) is 4.57. The van der Waals surface area contributed by atoms with Gasteiger partial charge < -0.3 is 4.74 Å². The summed E-state index contributed by atoms with van der Waals surface area (Å²) in [5.41, 5.74) is 1.06. The van der Waals surface area contributed by atoms with Crippen LogP contribution in [0.25, 0.3) is 6.08 Å². The smallest absolute Gasteiger partial charge is 0.307 e. The molecule has 0 bridgehead atoms. The van der Waals surface area contributed by atoms with E-state index < -0.39 is 0 Å². The number of amides is 1. The third-order valence-electron chi connectivity index (χ3n) is 3.76. The van der Waals surface area contributed by atoms with Crippen molar-refractivity contribution in [2.45, 2.75) is 32.6 Å². The Balaban J connectivity index is 1.83. The lowest BCUT2D eigenvalue weighted by atomic mass is 10.2. The van der Waals surface area contributed by atoms with Gasteiger partial charge in [-0.2, -0.15) is 0 Å². The van der Waals surface area contributed by atoms with Gasteiger partial charge in [0, 0.05) is 6.54 Å². The van der Waals surface area contributed by atoms with Crippen LogP contribution >= 0.6 is 24.0 Å². The topological polar surface area (TPSA) is 46.6 Å². The number of ether oxygens (including phenoxy) is 1. The number of thiocarbonyl (C=S) groups is 1. The molecule has 0 aromatic heterocycles. The molecule has 0 aliphatic carbocycles. The van der Waals surface area contributed by atoms with Crippen LogP contribution in [0.15, 0.2) is 47.4 Å². The Labute approximate surface area is 164 Å². The summed E-state index contributed by atoms with van der Waals surface area (Å²) in [6, 6.07) is 9.85. The molecule has 1 aromatic carbocycles. The summed E-state index contributed by atoms with van der Waals surface area (Å²) in [5.74, 6) is -0.445. The van der Waals surface area contributed by atoms with Crippen molar-refractivity contribution in [3.8, 4) is 0 Å². The maximum absolute atomic E-state index is 12.4. The van der Waals surface area contributed by atoms with Crippen molar-refractivity contribution >= 4 is 46.3 Å². The molecule has 0 atom stereocenters. The summed E-state index contributed by atoms with van der Waals surface area (Å²) in [5, 5.41) is 0. The highest BCUT2D eigenvalue weighted by Crippen LogP contribution is 2.31. The van der Waals surface area contributed by atoms with Gasteiger partial charge >= 0.3 is 5.97 Å². The second kappa shape index (κ2) is 10.9. The number of rotatable bonds is 9. The van der Waals surface area contributed by atoms with Gasteiger partial charge in [-0.25, -0.2) is 0 Å². The Bertz CT molecular complexity index is 698. The van der Waals surface area contributed by atoms with Gasteiger partial charge in [-0.1, -0.05) is 86.2 Å². The van der Waals surface area contributed by atoms with E-state index in [-0.39, 0.29) is 24.8 Å². The van der Waals surface area contributed by atoms with Gasteiger partial charge in [-0.3, -0.25) is 14.5 Å². The molecule has 138 valence electrons. The van der Waals surface area contributed by atoms with Gasteiger partial charge in [0.25, 0.3) is 5.91 Å². The third kappa shape index (κ3) is 6.42. The van der Waals surface area contributed by atoms with Crippen molar-refractivity contribution in [3.63, 3.8) is 0 Å². The molecule has 1 aliphatic heterocycles. The van der Waals surface area contributed by atoms with E-state index in [0.29, 0.717) is 15.8 Å². The van der Waals surface area contributed by atoms with Gasteiger partial charge in [-0.05, 0) is 18.1 Å². The molecule has 2 rings (SSSR count). The van der Waals surface area contributed by atoms with Gasteiger partial charge in [0.1, 0.15) is 4.32 Å². The monoisotopic (exact) mass is 389 g/mol. The summed E-state index contributed by atoms with van der Waals surface area (Å²) in [4.78, 5) is 26.2. The lowest BCUT2D eigenvalue weighted by Crippen LogP contribution is -2.30. The summed E-state index contributed by atoms with van der Waals surface area (Å²) >= 11 is 6.52. The van der Waals surface area contributed by atoms with Crippen molar-refractivity contribution in [2.75, 3.05) is 13.2 Å². The molecule has 1 fully saturated rings. The van der Waals surface area contributed by atoms with Crippen molar-refractivity contribution in [1.82, 2.24) is 4.90 Å². The number of allylic oxidation sites excluding steroid dienone is 2. The van der Waals surface area contributed by atoms with Crippen molar-refractivity contribution in [1.29, 1.82) is 0 Å². The zero-order valence-electron chi connectivity index (χ0n) is 14.8. The quantitative estimate of drug-likeness (QED) is 0.268. The second-order valence-corrected chi connectivity index (χ2v) is 7.48. The van der Waals surface area contributed by atoms with Crippen LogP contribution in [-0.2, 0) is 14.3 Å². The van der Waals surface area contributed by atoms with E-state index in [1.807, 2.05) is 42.5 Å². The third-order valence-corrected chi connectivity index (χ3v) is 5.16. The van der Waals surface area contributed by atoms with E-state index in [1.54, 1.807) is 6.08 Å². The minimum atomic E-state index is -0.289. The zero-order chi connectivity index (χ0) is 18.8. The van der Waals surface area contributed by atoms with E-state index in [2.05, 4.69) is 6.92 Å². The zero-order valence-corrected chi connectivity index (χ0v) is 16.5. The molecule has 1 saturated heterocycles. The number of carbonyl (C=O) groups is 2. The Kier molecular flexibility index (Phi) is 8.58. The summed E-state index contributed by atoms with van der Waals surface area (Å²) in [6.07, 6.45) is 8.69. The molecule has 1 aliphatic rings. The number of benzene rings is 1. The number of hydrogen-bond acceptors (Lipinski definition) is 5. The molecule has 0 spiro atoms. The minimum Gasteiger partial charge on any atom is -0.466 e. The summed E-state index contributed by atoms with van der Waals surface area (Å²) < 4.78 is 5.64. The van der Waals surface area contributed by atoms with Crippen molar-refractivity contribution in [2.24, 2.45) is 0 Å². The average Bonchev–Trinajstić information content (AvgIpc) is 2.91. The fourth-order valence-electron chi connectivity index (χ4n) is 2.33. The van der Waals surface area contributed by atoms with Crippen LogP contribution in [-0.4, -0.2) is 34.2 Å². The molecule has 0 radical (unpaired) electrons. The molecule has 0 saturated carbocycles. The van der Waals surface area contributed by atoms with Crippen molar-refractivity contribution in [3.05, 3.63) is 53.0 Å². The number of unbranched alkanes of at least 4 members (excludes halogenated alkanes) is 2. The van der Waals surface area contributed by atoms with E-state index >= 15 is 0 Å². The number of carbonyl (C=O) groups excluding carboxylic acids is 2. The predicted molar refractivity (Wildman–Crippen MR) is 111 cm³/mol. The van der Waals surface area contributed by atoms with E-state index in [4.69, 9.17) is 17.0 Å². The van der Waals surface area contributed by atoms with Crippen LogP contribution in [0.4, 0.5) is 0 Å². The second-order valence-electron chi connectivity index (χ2n) is 5.80. The van der Waals surface area contributed by atoms with Gasteiger partial charge in [0.05, 0.1) is 17.9 Å². The standard InChI is InChI=1S/C20H23NO3S2/c1-2-3-7-15-24-18(22)13-14-21-19(23)17(26-20(21)25)12-8-11-16-9-5-4-6-10-16/h4-6,8-12H,2-3,7,13-15H2,1H3. The molecule has 6 heteroatoms. The van der Waals surface area contributed by atoms with Crippen LogP contribution in [0.2, 0.25) is 0 Å². The lowest BCUT2D eigenvalue weighted by molar-refractivity contribution is -0.144. The van der Waals surface area contributed by atoms with Crippen LogP contribution in [0.1, 0.15) is 38.2 Å². The van der Waals surface area contributed by atoms with Crippen LogP contribution in [0.5, 0.6) is 0 Å². The minimum absolute atomic E-state index is 0.156. The maximum Gasteiger partial charge on any atom is 0.307 e. The van der Waals surface area contributed by atoms with Crippen LogP contribution in [0.3, 0.4) is 0 Å². The Morgan fingerprint density at radius 2 is 2.04 bits per heavy atom. The Hall–Kier alpha value is -1.92. The molecule has 1 amide bonds. The largest absolute Gasteiger partial charge is 0.466 e. The maximum atomic E-state index is 12.4. The molecule has 1 heterocycles. The number of esters is 1. The fourth-order valence-corrected chi connectivity index (χ4v) is 3.59. The first-order valence-electron chi connectivity index (χ1n) is 8.74. The lowest BCUT2D eigenvalue weighted by Gasteiger charge is -2.13. The number of hydrogen-bond donors (Lipinski definition) is 0. The molecule has 0 unspecified atom stereocenters. The van der Waals surface area contributed by atoms with Gasteiger partial charge in [0.2, 0.25) is 0 Å². The van der Waals surface area contributed by atoms with E-state index in [9.17, 15) is 9.59 Å². The van der Waals surface area contributed by atoms with Crippen LogP contribution < -0.4 is 0 Å².